The second-order valence-corrected chi connectivity index (χ2v) is 6.46. The normalized spacial score (nSPS) is 15.3. The van der Waals surface area contributed by atoms with Gasteiger partial charge in [-0.1, -0.05) is 6.07 Å². The number of benzene rings is 1. The van der Waals surface area contributed by atoms with Crippen molar-refractivity contribution in [3.05, 3.63) is 24.3 Å². The molecule has 146 valence electrons. The van der Waals surface area contributed by atoms with Gasteiger partial charge in [0.25, 0.3) is 0 Å². The Labute approximate surface area is 158 Å². The Bertz CT molecular complexity index is 542. The highest BCUT2D eigenvalue weighted by molar-refractivity contribution is 5.80. The maximum absolute atomic E-state index is 5.34. The highest BCUT2D eigenvalue weighted by atomic mass is 16.5. The van der Waals surface area contributed by atoms with Crippen molar-refractivity contribution in [1.29, 1.82) is 0 Å². The SMILES string of the molecule is CCNC(=NCCCCCOC)N1CCN(c2cccc(OC)c2)CC1. The van der Waals surface area contributed by atoms with E-state index in [0.717, 1.165) is 70.4 Å². The zero-order valence-electron chi connectivity index (χ0n) is 16.5. The molecule has 0 atom stereocenters. The van der Waals surface area contributed by atoms with E-state index in [-0.39, 0.29) is 0 Å². The van der Waals surface area contributed by atoms with E-state index in [2.05, 4.69) is 40.2 Å². The lowest BCUT2D eigenvalue weighted by Crippen LogP contribution is -2.52. The van der Waals surface area contributed by atoms with Crippen LogP contribution in [0.2, 0.25) is 0 Å². The van der Waals surface area contributed by atoms with Crippen LogP contribution in [0.15, 0.2) is 29.3 Å². The zero-order valence-corrected chi connectivity index (χ0v) is 16.5. The van der Waals surface area contributed by atoms with Crippen molar-refractivity contribution < 1.29 is 9.47 Å². The number of aliphatic imine (C=N–C) groups is 1. The molecular weight excluding hydrogens is 328 g/mol. The monoisotopic (exact) mass is 362 g/mol. The molecule has 6 heteroatoms. The Morgan fingerprint density at radius 3 is 2.62 bits per heavy atom. The van der Waals surface area contributed by atoms with E-state index in [9.17, 15) is 0 Å². The molecule has 1 fully saturated rings. The van der Waals surface area contributed by atoms with Crippen LogP contribution < -0.4 is 15.0 Å². The molecule has 0 spiro atoms. The fourth-order valence-corrected chi connectivity index (χ4v) is 3.13. The minimum Gasteiger partial charge on any atom is -0.497 e. The fraction of sp³-hybridized carbons (Fsp3) is 0.650. The summed E-state index contributed by atoms with van der Waals surface area (Å²) in [6.07, 6.45) is 3.39. The molecule has 0 aromatic heterocycles. The van der Waals surface area contributed by atoms with Gasteiger partial charge in [-0.25, -0.2) is 0 Å². The lowest BCUT2D eigenvalue weighted by molar-refractivity contribution is 0.192. The Morgan fingerprint density at radius 1 is 1.12 bits per heavy atom. The summed E-state index contributed by atoms with van der Waals surface area (Å²) in [7, 11) is 3.47. The molecule has 0 radical (unpaired) electrons. The Balaban J connectivity index is 1.84. The van der Waals surface area contributed by atoms with Gasteiger partial charge < -0.3 is 24.6 Å². The first-order chi connectivity index (χ1) is 12.8. The fourth-order valence-electron chi connectivity index (χ4n) is 3.13. The molecule has 0 amide bonds. The Hall–Kier alpha value is -1.95. The topological polar surface area (TPSA) is 49.3 Å². The van der Waals surface area contributed by atoms with Gasteiger partial charge in [-0.15, -0.1) is 0 Å². The van der Waals surface area contributed by atoms with E-state index in [1.54, 1.807) is 14.2 Å². The standard InChI is InChI=1S/C20H34N4O2/c1-4-21-20(22-11-6-5-7-16-25-2)24-14-12-23(13-15-24)18-9-8-10-19(17-18)26-3/h8-10,17H,4-7,11-16H2,1-3H3,(H,21,22). The average molecular weight is 363 g/mol. The summed E-state index contributed by atoms with van der Waals surface area (Å²) >= 11 is 0. The highest BCUT2D eigenvalue weighted by Crippen LogP contribution is 2.22. The second kappa shape index (κ2) is 11.6. The molecule has 6 nitrogen and oxygen atoms in total. The molecule has 0 saturated carbocycles. The van der Waals surface area contributed by atoms with Gasteiger partial charge in [0.15, 0.2) is 5.96 Å². The molecule has 1 saturated heterocycles. The first-order valence-corrected chi connectivity index (χ1v) is 9.69. The lowest BCUT2D eigenvalue weighted by Gasteiger charge is -2.37. The maximum atomic E-state index is 5.34. The van der Waals surface area contributed by atoms with Crippen LogP contribution in [0.4, 0.5) is 5.69 Å². The summed E-state index contributed by atoms with van der Waals surface area (Å²) < 4.78 is 10.4. The van der Waals surface area contributed by atoms with E-state index in [4.69, 9.17) is 14.5 Å². The summed E-state index contributed by atoms with van der Waals surface area (Å²) in [6.45, 7) is 8.69. The molecule has 1 N–H and O–H groups in total. The van der Waals surface area contributed by atoms with Crippen molar-refractivity contribution in [1.82, 2.24) is 10.2 Å². The van der Waals surface area contributed by atoms with E-state index < -0.39 is 0 Å². The number of guanidine groups is 1. The number of piperazine rings is 1. The summed E-state index contributed by atoms with van der Waals surface area (Å²) in [5.74, 6) is 1.96. The third-order valence-corrected chi connectivity index (χ3v) is 4.60. The van der Waals surface area contributed by atoms with Crippen LogP contribution in [0.25, 0.3) is 0 Å². The largest absolute Gasteiger partial charge is 0.497 e. The van der Waals surface area contributed by atoms with Crippen LogP contribution in [0, 0.1) is 0 Å². The third-order valence-electron chi connectivity index (χ3n) is 4.60. The molecular formula is C20H34N4O2. The number of methoxy groups -OCH3 is 2. The number of hydrogen-bond acceptors (Lipinski definition) is 4. The number of rotatable bonds is 9. The van der Waals surface area contributed by atoms with Gasteiger partial charge in [0.2, 0.25) is 0 Å². The number of anilines is 1. The van der Waals surface area contributed by atoms with Crippen molar-refractivity contribution in [3.8, 4) is 5.75 Å². The van der Waals surface area contributed by atoms with Crippen molar-refractivity contribution in [2.24, 2.45) is 4.99 Å². The van der Waals surface area contributed by atoms with Crippen molar-refractivity contribution in [2.75, 3.05) is 65.0 Å². The van der Waals surface area contributed by atoms with Gasteiger partial charge in [0, 0.05) is 64.7 Å². The van der Waals surface area contributed by atoms with E-state index in [0.29, 0.717) is 0 Å². The Kier molecular flexibility index (Phi) is 9.10. The number of hydrogen-bond donors (Lipinski definition) is 1. The molecule has 0 aliphatic carbocycles. The van der Waals surface area contributed by atoms with E-state index in [1.807, 2.05) is 6.07 Å². The van der Waals surface area contributed by atoms with E-state index in [1.165, 1.54) is 12.1 Å². The molecule has 0 bridgehead atoms. The first-order valence-electron chi connectivity index (χ1n) is 9.69. The quantitative estimate of drug-likeness (QED) is 0.416. The summed E-state index contributed by atoms with van der Waals surface area (Å²) in [5.41, 5.74) is 1.23. The first kappa shape index (κ1) is 20.4. The molecule has 1 aliphatic heterocycles. The van der Waals surface area contributed by atoms with Gasteiger partial charge in [-0.3, -0.25) is 4.99 Å². The summed E-state index contributed by atoms with van der Waals surface area (Å²) in [5, 5.41) is 3.44. The third kappa shape index (κ3) is 6.41. The van der Waals surface area contributed by atoms with Gasteiger partial charge in [0.1, 0.15) is 5.75 Å². The second-order valence-electron chi connectivity index (χ2n) is 6.46. The van der Waals surface area contributed by atoms with Crippen LogP contribution in [0.1, 0.15) is 26.2 Å². The Morgan fingerprint density at radius 2 is 1.92 bits per heavy atom. The van der Waals surface area contributed by atoms with Crippen molar-refractivity contribution in [3.63, 3.8) is 0 Å². The van der Waals surface area contributed by atoms with Crippen LogP contribution >= 0.6 is 0 Å². The molecule has 26 heavy (non-hydrogen) atoms. The number of ether oxygens (including phenoxy) is 2. The molecule has 2 rings (SSSR count). The van der Waals surface area contributed by atoms with Crippen LogP contribution in [-0.2, 0) is 4.74 Å². The minimum absolute atomic E-state index is 0.843. The van der Waals surface area contributed by atoms with Gasteiger partial charge >= 0.3 is 0 Å². The lowest BCUT2D eigenvalue weighted by atomic mass is 10.2. The average Bonchev–Trinajstić information content (AvgIpc) is 2.70. The molecule has 1 aromatic carbocycles. The van der Waals surface area contributed by atoms with Gasteiger partial charge in [-0.2, -0.15) is 0 Å². The van der Waals surface area contributed by atoms with Crippen molar-refractivity contribution in [2.45, 2.75) is 26.2 Å². The molecule has 1 aliphatic rings. The smallest absolute Gasteiger partial charge is 0.194 e. The number of unbranched alkanes of at least 4 members (excludes halogenated alkanes) is 2. The minimum atomic E-state index is 0.843. The van der Waals surface area contributed by atoms with Gasteiger partial charge in [-0.05, 0) is 38.3 Å². The predicted molar refractivity (Wildman–Crippen MR) is 108 cm³/mol. The molecule has 0 unspecified atom stereocenters. The zero-order chi connectivity index (χ0) is 18.6. The van der Waals surface area contributed by atoms with Gasteiger partial charge in [0.05, 0.1) is 7.11 Å². The van der Waals surface area contributed by atoms with Crippen LogP contribution in [-0.4, -0.2) is 71.0 Å². The van der Waals surface area contributed by atoms with E-state index >= 15 is 0 Å². The molecule has 1 heterocycles. The summed E-state index contributed by atoms with van der Waals surface area (Å²) in [6, 6.07) is 8.30. The van der Waals surface area contributed by atoms with Crippen molar-refractivity contribution >= 4 is 11.6 Å². The predicted octanol–water partition coefficient (Wildman–Crippen LogP) is 2.60. The molecule has 1 aromatic rings. The number of nitrogens with zero attached hydrogens (tertiary/aromatic N) is 3. The summed E-state index contributed by atoms with van der Waals surface area (Å²) in [4.78, 5) is 9.59. The van der Waals surface area contributed by atoms with Crippen LogP contribution in [0.5, 0.6) is 5.75 Å². The highest BCUT2D eigenvalue weighted by Gasteiger charge is 2.20. The maximum Gasteiger partial charge on any atom is 0.194 e. The number of nitrogens with one attached hydrogen (secondary N) is 1. The van der Waals surface area contributed by atoms with Crippen LogP contribution in [0.3, 0.4) is 0 Å².